The van der Waals surface area contributed by atoms with E-state index in [9.17, 15) is 18.0 Å². The maximum absolute atomic E-state index is 12.2. The lowest BCUT2D eigenvalue weighted by Crippen LogP contribution is -2.36. The van der Waals surface area contributed by atoms with Gasteiger partial charge in [-0.05, 0) is 25.7 Å². The van der Waals surface area contributed by atoms with Crippen molar-refractivity contribution in [2.45, 2.75) is 64.2 Å². The van der Waals surface area contributed by atoms with Crippen LogP contribution >= 0.6 is 0 Å². The van der Waals surface area contributed by atoms with Crippen molar-refractivity contribution in [1.82, 2.24) is 15.2 Å². The molecule has 1 aromatic heterocycles. The molecule has 0 spiro atoms. The van der Waals surface area contributed by atoms with E-state index in [1.54, 1.807) is 7.11 Å². The van der Waals surface area contributed by atoms with Gasteiger partial charge in [0.2, 0.25) is 0 Å². The Balaban J connectivity index is 0.000000423. The number of rotatable bonds is 6. The minimum atomic E-state index is -5.08. The lowest BCUT2D eigenvalue weighted by atomic mass is 9.88. The average molecular weight is 449 g/mol. The second-order valence-electron chi connectivity index (χ2n) is 8.01. The fraction of sp³-hybridized carbons (Fsp3) is 0.750. The molecule has 1 unspecified atom stereocenters. The first-order valence-corrected chi connectivity index (χ1v) is 10.4. The summed E-state index contributed by atoms with van der Waals surface area (Å²) >= 11 is 0. The topological polar surface area (TPSA) is 105 Å². The number of alkyl halides is 3. The van der Waals surface area contributed by atoms with Gasteiger partial charge in [0, 0.05) is 39.2 Å². The molecule has 0 radical (unpaired) electrons. The highest BCUT2D eigenvalue weighted by atomic mass is 19.4. The summed E-state index contributed by atoms with van der Waals surface area (Å²) in [7, 11) is 1.62. The molecule has 31 heavy (non-hydrogen) atoms. The van der Waals surface area contributed by atoms with Gasteiger partial charge in [-0.15, -0.1) is 0 Å². The fourth-order valence-corrected chi connectivity index (χ4v) is 3.82. The monoisotopic (exact) mass is 449 g/mol. The third-order valence-corrected chi connectivity index (χ3v) is 5.28. The van der Waals surface area contributed by atoms with Crippen molar-refractivity contribution in [1.29, 1.82) is 0 Å². The summed E-state index contributed by atoms with van der Waals surface area (Å²) in [5, 5.41) is 9.97. The van der Waals surface area contributed by atoms with E-state index in [0.29, 0.717) is 6.61 Å². The number of aliphatic carboxylic acids is 1. The molecule has 176 valence electrons. The van der Waals surface area contributed by atoms with Crippen LogP contribution in [-0.2, 0) is 22.5 Å². The number of methoxy groups -OCH3 is 1. The molecule has 8 nitrogen and oxygen atoms in total. The molecule has 2 N–H and O–H groups in total. The van der Waals surface area contributed by atoms with E-state index in [2.05, 4.69) is 15.2 Å². The molecule has 11 heteroatoms. The zero-order valence-corrected chi connectivity index (χ0v) is 17.8. The summed E-state index contributed by atoms with van der Waals surface area (Å²) in [6, 6.07) is -0.0609. The number of halogens is 3. The van der Waals surface area contributed by atoms with Crippen LogP contribution in [0.25, 0.3) is 0 Å². The Morgan fingerprint density at radius 3 is 2.55 bits per heavy atom. The zero-order valence-electron chi connectivity index (χ0n) is 17.8. The summed E-state index contributed by atoms with van der Waals surface area (Å²) in [6.45, 7) is 5.33. The summed E-state index contributed by atoms with van der Waals surface area (Å²) in [5.74, 6) is -1.13. The highest BCUT2D eigenvalue weighted by molar-refractivity contribution is 5.89. The number of hydrogen-bond donors (Lipinski definition) is 2. The third kappa shape index (κ3) is 8.13. The first-order valence-electron chi connectivity index (χ1n) is 10.4. The number of carbonyl (C=O) groups excluding carboxylic acids is 1. The average Bonchev–Trinajstić information content (AvgIpc) is 3.12. The molecule has 0 aromatic carbocycles. The SMILES string of the molecule is COCC(C)NC(=O)c1nc2c(o1)CCN(CC1CCCCC1)C2.O=C(O)C(F)(F)F. The van der Waals surface area contributed by atoms with Crippen LogP contribution in [-0.4, -0.2) is 65.9 Å². The van der Waals surface area contributed by atoms with Crippen molar-refractivity contribution >= 4 is 11.9 Å². The Bertz CT molecular complexity index is 732. The third-order valence-electron chi connectivity index (χ3n) is 5.28. The van der Waals surface area contributed by atoms with Gasteiger partial charge in [-0.25, -0.2) is 9.78 Å². The first kappa shape index (κ1) is 25.1. The van der Waals surface area contributed by atoms with Crippen LogP contribution in [0.2, 0.25) is 0 Å². The number of amides is 1. The van der Waals surface area contributed by atoms with E-state index in [1.807, 2.05) is 6.92 Å². The van der Waals surface area contributed by atoms with Crippen molar-refractivity contribution in [3.8, 4) is 0 Å². The summed E-state index contributed by atoms with van der Waals surface area (Å²) in [5.41, 5.74) is 0.932. The van der Waals surface area contributed by atoms with E-state index in [-0.39, 0.29) is 17.8 Å². The maximum atomic E-state index is 12.2. The molecule has 1 atom stereocenters. The van der Waals surface area contributed by atoms with E-state index >= 15 is 0 Å². The Hall–Kier alpha value is -2.14. The van der Waals surface area contributed by atoms with E-state index in [0.717, 1.165) is 43.4 Å². The molecular formula is C20H30F3N3O5. The lowest BCUT2D eigenvalue weighted by molar-refractivity contribution is -0.192. The highest BCUT2D eigenvalue weighted by Crippen LogP contribution is 2.27. The Morgan fingerprint density at radius 1 is 1.32 bits per heavy atom. The largest absolute Gasteiger partial charge is 0.490 e. The number of nitrogens with one attached hydrogen (secondary N) is 1. The Labute approximate surface area is 179 Å². The summed E-state index contributed by atoms with van der Waals surface area (Å²) in [6.07, 6.45) is 2.61. The van der Waals surface area contributed by atoms with Gasteiger partial charge in [0.25, 0.3) is 5.89 Å². The molecule has 2 heterocycles. The number of fused-ring (bicyclic) bond motifs is 1. The molecular weight excluding hydrogens is 419 g/mol. The van der Waals surface area contributed by atoms with Gasteiger partial charge >= 0.3 is 18.1 Å². The number of nitrogens with zero attached hydrogens (tertiary/aromatic N) is 2. The second-order valence-corrected chi connectivity index (χ2v) is 8.01. The minimum Gasteiger partial charge on any atom is -0.475 e. The highest BCUT2D eigenvalue weighted by Gasteiger charge is 2.38. The zero-order chi connectivity index (χ0) is 23.0. The number of carboxylic acid groups (broad SMARTS) is 1. The van der Waals surface area contributed by atoms with Crippen LogP contribution in [0.15, 0.2) is 4.42 Å². The van der Waals surface area contributed by atoms with Crippen LogP contribution in [0.5, 0.6) is 0 Å². The lowest BCUT2D eigenvalue weighted by Gasteiger charge is -2.31. The molecule has 0 bridgehead atoms. The van der Waals surface area contributed by atoms with Crippen LogP contribution < -0.4 is 5.32 Å². The molecule has 2 aliphatic rings. The smallest absolute Gasteiger partial charge is 0.475 e. The fourth-order valence-electron chi connectivity index (χ4n) is 3.82. The molecule has 1 aromatic rings. The summed E-state index contributed by atoms with van der Waals surface area (Å²) < 4.78 is 42.5. The van der Waals surface area contributed by atoms with Crippen molar-refractivity contribution in [2.24, 2.45) is 5.92 Å². The molecule has 1 saturated carbocycles. The van der Waals surface area contributed by atoms with Gasteiger partial charge in [0.1, 0.15) is 5.76 Å². The molecule has 3 rings (SSSR count). The minimum absolute atomic E-state index is 0.0609. The van der Waals surface area contributed by atoms with Crippen LogP contribution in [0, 0.1) is 5.92 Å². The number of carboxylic acids is 1. The maximum Gasteiger partial charge on any atom is 0.490 e. The number of hydrogen-bond acceptors (Lipinski definition) is 6. The van der Waals surface area contributed by atoms with Gasteiger partial charge in [0.05, 0.1) is 12.3 Å². The predicted octanol–water partition coefficient (Wildman–Crippen LogP) is 3.01. The van der Waals surface area contributed by atoms with Crippen LogP contribution in [0.4, 0.5) is 13.2 Å². The standard InChI is InChI=1S/C18H29N3O3.C2HF3O2/c1-13(12-23-2)19-17(22)18-20-15-11-21(9-8-16(15)24-18)10-14-6-4-3-5-7-14;3-2(4,5)1(6)7/h13-14H,3-12H2,1-2H3,(H,19,22);(H,6,7). The van der Waals surface area contributed by atoms with E-state index < -0.39 is 12.1 Å². The van der Waals surface area contributed by atoms with Crippen molar-refractivity contribution in [2.75, 3.05) is 26.8 Å². The first-order chi connectivity index (χ1) is 14.6. The van der Waals surface area contributed by atoms with E-state index in [4.69, 9.17) is 19.1 Å². The normalized spacial score (nSPS) is 18.5. The van der Waals surface area contributed by atoms with Crippen molar-refractivity contribution in [3.63, 3.8) is 0 Å². The number of aromatic nitrogens is 1. The predicted molar refractivity (Wildman–Crippen MR) is 105 cm³/mol. The summed E-state index contributed by atoms with van der Waals surface area (Å²) in [4.78, 5) is 28.0. The van der Waals surface area contributed by atoms with Crippen LogP contribution in [0.3, 0.4) is 0 Å². The number of ether oxygens (including phenoxy) is 1. The number of oxazole rings is 1. The van der Waals surface area contributed by atoms with Gasteiger partial charge in [-0.1, -0.05) is 19.3 Å². The molecule has 1 aliphatic carbocycles. The van der Waals surface area contributed by atoms with E-state index in [1.165, 1.54) is 32.1 Å². The van der Waals surface area contributed by atoms with Gasteiger partial charge in [-0.3, -0.25) is 9.69 Å². The number of carbonyl (C=O) groups is 2. The van der Waals surface area contributed by atoms with Gasteiger partial charge < -0.3 is 19.6 Å². The molecule has 1 fully saturated rings. The Kier molecular flexibility index (Phi) is 9.30. The Morgan fingerprint density at radius 2 is 1.97 bits per heavy atom. The molecule has 1 aliphatic heterocycles. The quantitative estimate of drug-likeness (QED) is 0.688. The van der Waals surface area contributed by atoms with Crippen molar-refractivity contribution < 1.29 is 37.0 Å². The van der Waals surface area contributed by atoms with Gasteiger partial charge in [-0.2, -0.15) is 13.2 Å². The van der Waals surface area contributed by atoms with Crippen molar-refractivity contribution in [3.05, 3.63) is 17.3 Å². The molecule has 0 saturated heterocycles. The second kappa shape index (κ2) is 11.5. The van der Waals surface area contributed by atoms with Gasteiger partial charge in [0.15, 0.2) is 0 Å². The molecule has 1 amide bonds. The van der Waals surface area contributed by atoms with Crippen LogP contribution in [0.1, 0.15) is 61.2 Å².